The second-order valence-corrected chi connectivity index (χ2v) is 4.37. The second kappa shape index (κ2) is 47.0. The number of hydrogen-bond acceptors (Lipinski definition) is 8. The first kappa shape index (κ1) is 57.2. The lowest BCUT2D eigenvalue weighted by Gasteiger charge is -2.18. The second-order valence-electron chi connectivity index (χ2n) is 4.37. The van der Waals surface area contributed by atoms with Crippen molar-refractivity contribution < 1.29 is 38.0 Å². The van der Waals surface area contributed by atoms with Gasteiger partial charge in [0.2, 0.25) is 0 Å². The van der Waals surface area contributed by atoms with Crippen molar-refractivity contribution >= 4 is 6.09 Å². The van der Waals surface area contributed by atoms with Gasteiger partial charge in [0.15, 0.2) is 0 Å². The summed E-state index contributed by atoms with van der Waals surface area (Å²) in [5.41, 5.74) is 0. The molecular weight excluding hydrogens is 406 g/mol. The van der Waals surface area contributed by atoms with Crippen LogP contribution in [0.5, 0.6) is 0 Å². The molecule has 1 atom stereocenters. The van der Waals surface area contributed by atoms with Gasteiger partial charge in [0.1, 0.15) is 19.4 Å². The minimum Gasteiger partial charge on any atom is -0.447 e. The zero-order valence-corrected chi connectivity index (χ0v) is 14.2. The normalized spacial score (nSPS) is 9.00. The maximum atomic E-state index is 11.5. The molecular formula is C22H61NO8. The van der Waals surface area contributed by atoms with Crippen LogP contribution in [0, 0.1) is 0 Å². The zero-order valence-electron chi connectivity index (χ0n) is 14.2. The molecule has 0 aliphatic carbocycles. The Bertz CT molecular complexity index is 272. The van der Waals surface area contributed by atoms with E-state index in [-0.39, 0.29) is 78.9 Å². The number of nitrogens with one attached hydrogen (secondary N) is 1. The summed E-state index contributed by atoms with van der Waals surface area (Å²) in [6, 6.07) is 0. The minimum atomic E-state index is -0.584. The first-order valence-electron chi connectivity index (χ1n) is 7.39. The molecule has 202 valence electrons. The molecule has 0 fully saturated rings. The van der Waals surface area contributed by atoms with Crippen molar-refractivity contribution in [2.45, 2.75) is 65.5 Å². The molecule has 31 heavy (non-hydrogen) atoms. The molecule has 0 radical (unpaired) electrons. The number of hydrogen-bond donors (Lipinski definition) is 1. The van der Waals surface area contributed by atoms with Gasteiger partial charge in [0.05, 0.1) is 46.2 Å². The van der Waals surface area contributed by atoms with Crippen LogP contribution in [-0.4, -0.2) is 93.1 Å². The lowest BCUT2D eigenvalue weighted by molar-refractivity contribution is -0.0631. The molecule has 0 aliphatic rings. The molecule has 0 aromatic rings. The topological polar surface area (TPSA) is 93.7 Å². The molecule has 0 aliphatic heterocycles. The van der Waals surface area contributed by atoms with Gasteiger partial charge in [-0.3, -0.25) is 5.32 Å². The lowest BCUT2D eigenvalue weighted by atomic mass is 10.4. The molecule has 9 heteroatoms. The van der Waals surface area contributed by atoms with Gasteiger partial charge in [-0.1, -0.05) is 59.4 Å². The number of alkyl carbamates (subject to hydrolysis) is 1. The van der Waals surface area contributed by atoms with Gasteiger partial charge in [0.25, 0.3) is 0 Å². The Balaban J connectivity index is -0.0000000864. The SMILES string of the molecule is C.C.C.C.C.C.C.C.COCCOCNC(=O)OCC(COCCOC)OCCOC. The molecule has 0 heterocycles. The summed E-state index contributed by atoms with van der Waals surface area (Å²) in [6.07, 6.45) is -0.957. The van der Waals surface area contributed by atoms with E-state index in [1.165, 1.54) is 0 Å². The van der Waals surface area contributed by atoms with Crippen molar-refractivity contribution in [1.82, 2.24) is 5.32 Å². The predicted molar refractivity (Wildman–Crippen MR) is 135 cm³/mol. The Labute approximate surface area is 196 Å². The fraction of sp³-hybridized carbons (Fsp3) is 0.955. The van der Waals surface area contributed by atoms with E-state index < -0.39 is 6.09 Å². The van der Waals surface area contributed by atoms with Crippen molar-refractivity contribution in [2.75, 3.05) is 80.9 Å². The van der Waals surface area contributed by atoms with Crippen LogP contribution in [0.15, 0.2) is 0 Å². The minimum absolute atomic E-state index is 0. The van der Waals surface area contributed by atoms with Gasteiger partial charge in [-0.25, -0.2) is 4.79 Å². The van der Waals surface area contributed by atoms with Crippen molar-refractivity contribution in [2.24, 2.45) is 0 Å². The van der Waals surface area contributed by atoms with Crippen LogP contribution in [-0.2, 0) is 33.2 Å². The van der Waals surface area contributed by atoms with E-state index in [9.17, 15) is 4.79 Å². The maximum Gasteiger partial charge on any atom is 0.409 e. The fourth-order valence-electron chi connectivity index (χ4n) is 1.34. The molecule has 0 rings (SSSR count). The highest BCUT2D eigenvalue weighted by atomic mass is 16.6. The van der Waals surface area contributed by atoms with Gasteiger partial charge in [-0.2, -0.15) is 0 Å². The van der Waals surface area contributed by atoms with Crippen molar-refractivity contribution in [3.05, 3.63) is 0 Å². The van der Waals surface area contributed by atoms with E-state index in [2.05, 4.69) is 5.32 Å². The largest absolute Gasteiger partial charge is 0.447 e. The van der Waals surface area contributed by atoms with E-state index in [0.29, 0.717) is 46.2 Å². The van der Waals surface area contributed by atoms with E-state index in [1.807, 2.05) is 0 Å². The molecule has 1 amide bonds. The van der Waals surface area contributed by atoms with Crippen LogP contribution >= 0.6 is 0 Å². The summed E-state index contributed by atoms with van der Waals surface area (Å²) in [6.45, 7) is 3.06. The van der Waals surface area contributed by atoms with Gasteiger partial charge in [-0.05, 0) is 0 Å². The van der Waals surface area contributed by atoms with Crippen LogP contribution in [0.25, 0.3) is 0 Å². The van der Waals surface area contributed by atoms with Crippen molar-refractivity contribution in [3.63, 3.8) is 0 Å². The first-order chi connectivity index (χ1) is 11.2. The third-order valence-electron chi connectivity index (χ3n) is 2.53. The van der Waals surface area contributed by atoms with E-state index in [4.69, 9.17) is 33.2 Å². The Morgan fingerprint density at radius 3 is 1.58 bits per heavy atom. The molecule has 1 N–H and O–H groups in total. The smallest absolute Gasteiger partial charge is 0.409 e. The quantitative estimate of drug-likeness (QED) is 0.247. The molecule has 0 aromatic carbocycles. The van der Waals surface area contributed by atoms with Crippen LogP contribution in [0.4, 0.5) is 4.79 Å². The molecule has 9 nitrogen and oxygen atoms in total. The van der Waals surface area contributed by atoms with Gasteiger partial charge >= 0.3 is 6.09 Å². The standard InChI is InChI=1S/C14H29NO8.8CH4/c1-17-4-7-20-10-13(22-9-6-19-3)11-23-14(16)15-12-21-8-5-18-2;;;;;;;;/h13H,4-12H2,1-3H3,(H,15,16);8*1H4. The van der Waals surface area contributed by atoms with Crippen LogP contribution < -0.4 is 5.32 Å². The van der Waals surface area contributed by atoms with E-state index in [1.54, 1.807) is 21.3 Å². The third kappa shape index (κ3) is 43.7. The van der Waals surface area contributed by atoms with Crippen molar-refractivity contribution in [3.8, 4) is 0 Å². The summed E-state index contributed by atoms with van der Waals surface area (Å²) in [7, 11) is 4.75. The number of rotatable bonds is 16. The maximum absolute atomic E-state index is 11.5. The summed E-state index contributed by atoms with van der Waals surface area (Å²) in [5.74, 6) is 0. The fourth-order valence-corrected chi connectivity index (χ4v) is 1.34. The first-order valence-corrected chi connectivity index (χ1v) is 7.39. The van der Waals surface area contributed by atoms with Crippen molar-refractivity contribution in [1.29, 1.82) is 0 Å². The third-order valence-corrected chi connectivity index (χ3v) is 2.53. The number of carbonyl (C=O) groups is 1. The Morgan fingerprint density at radius 2 is 1.10 bits per heavy atom. The number of methoxy groups -OCH3 is 3. The van der Waals surface area contributed by atoms with Gasteiger partial charge in [0, 0.05) is 21.3 Å². The van der Waals surface area contributed by atoms with Gasteiger partial charge in [-0.15, -0.1) is 0 Å². The molecule has 0 bridgehead atoms. The zero-order chi connectivity index (χ0) is 17.2. The number of carbonyl (C=O) groups excluding carboxylic acids is 1. The van der Waals surface area contributed by atoms with Gasteiger partial charge < -0.3 is 33.2 Å². The molecule has 0 spiro atoms. The van der Waals surface area contributed by atoms with E-state index in [0.717, 1.165) is 0 Å². The predicted octanol–water partition coefficient (Wildman–Crippen LogP) is 5.12. The lowest BCUT2D eigenvalue weighted by Crippen LogP contribution is -2.33. The highest BCUT2D eigenvalue weighted by Gasteiger charge is 2.13. The number of amides is 1. The highest BCUT2D eigenvalue weighted by Crippen LogP contribution is 1.97. The summed E-state index contributed by atoms with van der Waals surface area (Å²) < 4.78 is 35.7. The molecule has 1 unspecified atom stereocenters. The Hall–Kier alpha value is -0.970. The van der Waals surface area contributed by atoms with Crippen LogP contribution in [0.2, 0.25) is 0 Å². The summed E-state index contributed by atoms with van der Waals surface area (Å²) in [5, 5.41) is 2.46. The average Bonchev–Trinajstić information content (AvgIpc) is 2.55. The summed E-state index contributed by atoms with van der Waals surface area (Å²) >= 11 is 0. The Kier molecular flexibility index (Phi) is 86.8. The van der Waals surface area contributed by atoms with E-state index >= 15 is 0 Å². The monoisotopic (exact) mass is 467 g/mol. The average molecular weight is 468 g/mol. The Morgan fingerprint density at radius 1 is 0.645 bits per heavy atom. The molecule has 0 saturated heterocycles. The highest BCUT2D eigenvalue weighted by molar-refractivity contribution is 5.66. The summed E-state index contributed by atoms with van der Waals surface area (Å²) in [4.78, 5) is 11.5. The molecule has 0 saturated carbocycles. The van der Waals surface area contributed by atoms with Crippen LogP contribution in [0.3, 0.4) is 0 Å². The van der Waals surface area contributed by atoms with Crippen LogP contribution in [0.1, 0.15) is 59.4 Å². The molecule has 0 aromatic heterocycles. The number of ether oxygens (including phenoxy) is 7.